The first-order chi connectivity index (χ1) is 6.79. The molecular weight excluding hydrogens is 937 g/mol. The summed E-state index contributed by atoms with van der Waals surface area (Å²) in [5, 5.41) is 0. The summed E-state index contributed by atoms with van der Waals surface area (Å²) in [6, 6.07) is 8.08. The van der Waals surface area contributed by atoms with Gasteiger partial charge in [0.1, 0.15) is 0 Å². The van der Waals surface area contributed by atoms with Crippen LogP contribution in [0.25, 0.3) is 0 Å². The molecule has 0 aliphatic carbocycles. The Morgan fingerprint density at radius 1 is 1.16 bits per heavy atom. The zero-order valence-electron chi connectivity index (χ0n) is 11.6. The molecule has 0 amide bonds. The molecule has 101 valence electrons. The van der Waals surface area contributed by atoms with Crippen molar-refractivity contribution in [3.63, 3.8) is 0 Å². The summed E-state index contributed by atoms with van der Waals surface area (Å²) in [5.74, 6) is -0.911. The normalized spacial score (nSPS) is 6.53. The number of aryl methyl sites for hydroxylation is 1. The first kappa shape index (κ1) is 37.6. The predicted molar refractivity (Wildman–Crippen MR) is 61.9 cm³/mol. The number of hydrogen-bond acceptors (Lipinski definition) is 2. The molecule has 0 bridgehead atoms. The van der Waals surface area contributed by atoms with Crippen LogP contribution in [-0.4, -0.2) is 12.6 Å². The van der Waals surface area contributed by atoms with E-state index in [0.717, 1.165) is 5.56 Å². The molecule has 1 aromatic carbocycles. The molecule has 0 atom stereocenters. The summed E-state index contributed by atoms with van der Waals surface area (Å²) >= 11 is 0. The van der Waals surface area contributed by atoms with E-state index in [2.05, 4.69) is 6.07 Å². The summed E-state index contributed by atoms with van der Waals surface area (Å²) in [6.45, 7) is 5.81. The van der Waals surface area contributed by atoms with Crippen LogP contribution in [0.3, 0.4) is 0 Å². The van der Waals surface area contributed by atoms with Gasteiger partial charge < -0.3 is 17.0 Å². The van der Waals surface area contributed by atoms with E-state index in [-0.39, 0.29) is 123 Å². The van der Waals surface area contributed by atoms with Gasteiger partial charge in [-0.2, -0.15) is 29.8 Å². The van der Waals surface area contributed by atoms with Crippen LogP contribution in [0.5, 0.6) is 0 Å². The third-order valence-corrected chi connectivity index (χ3v) is 1.63. The van der Waals surface area contributed by atoms with Crippen molar-refractivity contribution in [3.8, 4) is 0 Å². The van der Waals surface area contributed by atoms with E-state index >= 15 is 0 Å². The largest absolute Gasteiger partial charge is 0.543 e. The summed E-state index contributed by atoms with van der Waals surface area (Å²) in [4.78, 5) is 20.6. The molecular formula is C13H16O2U2WY-4. The van der Waals surface area contributed by atoms with Gasteiger partial charge in [0, 0.05) is 116 Å². The molecule has 0 heterocycles. The average Bonchev–Trinajstić information content (AvgIpc) is 2.25. The Morgan fingerprint density at radius 2 is 1.58 bits per heavy atom. The molecule has 0 fully saturated rings. The maximum Gasteiger partial charge on any atom is 0 e. The third kappa shape index (κ3) is 15.1. The van der Waals surface area contributed by atoms with E-state index in [0.29, 0.717) is 5.56 Å². The average molecular weight is 953 g/mol. The molecule has 0 aliphatic rings. The minimum absolute atomic E-state index is 0. The van der Waals surface area contributed by atoms with Crippen LogP contribution in [0, 0.1) is 82.6 Å². The van der Waals surface area contributed by atoms with Crippen molar-refractivity contribution < 1.29 is 126 Å². The first-order valence-electron chi connectivity index (χ1n) is 4.52. The Labute approximate surface area is 204 Å². The topological polar surface area (TPSA) is 34.1 Å². The van der Waals surface area contributed by atoms with Gasteiger partial charge in [0.25, 0.3) is 0 Å². The van der Waals surface area contributed by atoms with Gasteiger partial charge >= 0.3 is 0 Å². The number of hydrogen-bond donors (Lipinski definition) is 0. The molecule has 0 aliphatic heterocycles. The standard InChI is InChI=1S/C10H7O2.C2H6.CH3.2U.W.Y/c1-8-4-2-3-5-10(8)9(6-11)7-12;1-2;;;;;/h2-4,9H,1H3;1-2H3;1H3;;;;/q-3;;-1;;;;. The van der Waals surface area contributed by atoms with Crippen molar-refractivity contribution >= 4 is 12.6 Å². The molecule has 1 radical (unpaired) electrons. The number of rotatable bonds is 3. The second-order valence-corrected chi connectivity index (χ2v) is 2.44. The molecule has 19 heavy (non-hydrogen) atoms. The van der Waals surface area contributed by atoms with Gasteiger partial charge in [-0.1, -0.05) is 20.8 Å². The SMILES string of the molecule is CC.Cc1ccc[c-]c1C([C-]=O)[C-]=O.[CH3-].[U].[U].[W].[Y]. The summed E-state index contributed by atoms with van der Waals surface area (Å²) in [6.07, 6.45) is 3.21. The second-order valence-electron chi connectivity index (χ2n) is 2.44. The molecule has 2 nitrogen and oxygen atoms in total. The van der Waals surface area contributed by atoms with Gasteiger partial charge in [-0.25, -0.2) is 11.5 Å². The molecule has 0 N–H and O–H groups in total. The summed E-state index contributed by atoms with van der Waals surface area (Å²) in [7, 11) is 0. The Hall–Kier alpha value is 2.46. The van der Waals surface area contributed by atoms with Crippen molar-refractivity contribution in [1.82, 2.24) is 0 Å². The van der Waals surface area contributed by atoms with Crippen LogP contribution >= 0.6 is 0 Å². The molecule has 1 rings (SSSR count). The van der Waals surface area contributed by atoms with Crippen molar-refractivity contribution in [2.45, 2.75) is 26.7 Å². The smallest absolute Gasteiger partial charge is 0 e. The molecule has 6 heteroatoms. The molecule has 1 aromatic rings. The fraction of sp³-hybridized carbons (Fsp3) is 0.308. The van der Waals surface area contributed by atoms with E-state index in [1.807, 2.05) is 26.8 Å². The van der Waals surface area contributed by atoms with Crippen molar-refractivity contribution in [1.29, 1.82) is 0 Å². The molecule has 0 saturated heterocycles. The maximum atomic E-state index is 10.3. The van der Waals surface area contributed by atoms with Gasteiger partial charge in [0.2, 0.25) is 0 Å². The van der Waals surface area contributed by atoms with Crippen LogP contribution in [0.1, 0.15) is 30.9 Å². The van der Waals surface area contributed by atoms with Crippen LogP contribution in [-0.2, 0) is 63.4 Å². The zero-order valence-corrected chi connectivity index (χ0v) is 25.7. The van der Waals surface area contributed by atoms with Crippen LogP contribution in [0.4, 0.5) is 0 Å². The van der Waals surface area contributed by atoms with Crippen LogP contribution in [0.2, 0.25) is 0 Å². The Balaban J connectivity index is -0.0000000576. The molecule has 0 unspecified atom stereocenters. The van der Waals surface area contributed by atoms with E-state index < -0.39 is 5.92 Å². The fourth-order valence-electron chi connectivity index (χ4n) is 0.987. The van der Waals surface area contributed by atoms with Gasteiger partial charge in [0.15, 0.2) is 0 Å². The zero-order chi connectivity index (χ0) is 11.0. The van der Waals surface area contributed by atoms with Crippen LogP contribution < -0.4 is 0 Å². The summed E-state index contributed by atoms with van der Waals surface area (Å²) < 4.78 is 0. The van der Waals surface area contributed by atoms with E-state index in [1.165, 1.54) is 0 Å². The van der Waals surface area contributed by atoms with Crippen molar-refractivity contribution in [2.24, 2.45) is 0 Å². The summed E-state index contributed by atoms with van der Waals surface area (Å²) in [5.41, 5.74) is 1.41. The Morgan fingerprint density at radius 3 is 1.89 bits per heavy atom. The Kier molecular flexibility index (Phi) is 50.3. The third-order valence-electron chi connectivity index (χ3n) is 1.63. The van der Waals surface area contributed by atoms with E-state index in [4.69, 9.17) is 0 Å². The van der Waals surface area contributed by atoms with Gasteiger partial charge in [-0.05, 0) is 0 Å². The molecule has 0 spiro atoms. The number of carbonyl (C=O) groups excluding carboxylic acids is 2. The number of benzene rings is 1. The molecule has 0 saturated carbocycles. The monoisotopic (exact) mass is 953 g/mol. The van der Waals surface area contributed by atoms with E-state index in [1.54, 1.807) is 24.7 Å². The minimum Gasteiger partial charge on any atom is -0.543 e. The maximum absolute atomic E-state index is 10.3. The fourth-order valence-corrected chi connectivity index (χ4v) is 0.987. The van der Waals surface area contributed by atoms with E-state index in [9.17, 15) is 9.59 Å². The van der Waals surface area contributed by atoms with Crippen molar-refractivity contribution in [2.75, 3.05) is 0 Å². The van der Waals surface area contributed by atoms with Gasteiger partial charge in [0.05, 0.1) is 0 Å². The van der Waals surface area contributed by atoms with Crippen LogP contribution in [0.15, 0.2) is 18.2 Å². The van der Waals surface area contributed by atoms with Crippen molar-refractivity contribution in [3.05, 3.63) is 42.8 Å². The quantitative estimate of drug-likeness (QED) is 0.346. The van der Waals surface area contributed by atoms with Gasteiger partial charge in [-0.3, -0.25) is 12.6 Å². The Bertz CT molecular complexity index is 304. The molecule has 0 aromatic heterocycles. The van der Waals surface area contributed by atoms with Gasteiger partial charge in [-0.15, -0.1) is 0 Å². The first-order valence-corrected chi connectivity index (χ1v) is 4.52. The second kappa shape index (κ2) is 25.4. The predicted octanol–water partition coefficient (Wildman–Crippen LogP) is 2.57. The minimum atomic E-state index is -0.911.